The summed E-state index contributed by atoms with van der Waals surface area (Å²) in [6.45, 7) is 0.919. The van der Waals surface area contributed by atoms with E-state index in [9.17, 15) is 0 Å². The minimum Gasteiger partial charge on any atom is -0.495 e. The highest BCUT2D eigenvalue weighted by Crippen LogP contribution is 2.37. The Balaban J connectivity index is 1.81. The normalized spacial score (nSPS) is 12.3. The predicted octanol–water partition coefficient (Wildman–Crippen LogP) is 4.56. The molecule has 0 saturated carbocycles. The summed E-state index contributed by atoms with van der Waals surface area (Å²) >= 11 is 7.02. The Morgan fingerprint density at radius 1 is 1.14 bits per heavy atom. The number of anilines is 1. The van der Waals surface area contributed by atoms with Gasteiger partial charge in [-0.15, -0.1) is 0 Å². The Morgan fingerprint density at radius 3 is 2.67 bits per heavy atom. The molecule has 1 aliphatic rings. The molecule has 0 amide bonds. The van der Waals surface area contributed by atoms with Crippen LogP contribution in [-0.4, -0.2) is 13.9 Å². The van der Waals surface area contributed by atoms with Crippen LogP contribution in [0.4, 0.5) is 5.69 Å². The molecule has 0 saturated heterocycles. The van der Waals surface area contributed by atoms with E-state index in [1.165, 1.54) is 0 Å². The molecular weight excluding hydrogens is 402 g/mol. The first kappa shape index (κ1) is 14.5. The van der Waals surface area contributed by atoms with Gasteiger partial charge in [0, 0.05) is 15.5 Å². The summed E-state index contributed by atoms with van der Waals surface area (Å²) in [5, 5.41) is 3.37. The van der Waals surface area contributed by atoms with Gasteiger partial charge in [0.15, 0.2) is 11.5 Å². The van der Waals surface area contributed by atoms with Crippen molar-refractivity contribution in [1.82, 2.24) is 0 Å². The highest BCUT2D eigenvalue weighted by molar-refractivity contribution is 9.10. The number of rotatable bonds is 4. The van der Waals surface area contributed by atoms with Crippen LogP contribution in [0.25, 0.3) is 0 Å². The molecule has 0 aliphatic carbocycles. The Hall–Kier alpha value is -1.40. The summed E-state index contributed by atoms with van der Waals surface area (Å²) < 4.78 is 18.1. The van der Waals surface area contributed by atoms with Crippen LogP contribution >= 0.6 is 31.9 Å². The van der Waals surface area contributed by atoms with Crippen molar-refractivity contribution in [3.63, 3.8) is 0 Å². The van der Waals surface area contributed by atoms with Crippen molar-refractivity contribution in [3.8, 4) is 17.2 Å². The average Bonchev–Trinajstić information content (AvgIpc) is 2.92. The van der Waals surface area contributed by atoms with Gasteiger partial charge in [0.2, 0.25) is 6.79 Å². The number of ether oxygens (including phenoxy) is 3. The Morgan fingerprint density at radius 2 is 1.90 bits per heavy atom. The monoisotopic (exact) mass is 413 g/mol. The van der Waals surface area contributed by atoms with Gasteiger partial charge in [0.05, 0.1) is 12.8 Å². The second kappa shape index (κ2) is 6.15. The van der Waals surface area contributed by atoms with Crippen LogP contribution in [0.5, 0.6) is 17.2 Å². The summed E-state index contributed by atoms with van der Waals surface area (Å²) in [4.78, 5) is 0. The maximum atomic E-state index is 5.41. The summed E-state index contributed by atoms with van der Waals surface area (Å²) in [5.74, 6) is 2.34. The van der Waals surface area contributed by atoms with E-state index in [2.05, 4.69) is 37.2 Å². The van der Waals surface area contributed by atoms with Gasteiger partial charge in [-0.1, -0.05) is 31.9 Å². The minimum absolute atomic E-state index is 0.276. The van der Waals surface area contributed by atoms with Crippen LogP contribution < -0.4 is 19.5 Å². The van der Waals surface area contributed by atoms with E-state index >= 15 is 0 Å². The zero-order valence-corrected chi connectivity index (χ0v) is 14.5. The van der Waals surface area contributed by atoms with Crippen LogP contribution in [0.1, 0.15) is 5.56 Å². The summed E-state index contributed by atoms with van der Waals surface area (Å²) in [7, 11) is 1.66. The lowest BCUT2D eigenvalue weighted by molar-refractivity contribution is 0.174. The fraction of sp³-hybridized carbons (Fsp3) is 0.200. The lowest BCUT2D eigenvalue weighted by Crippen LogP contribution is -2.02. The van der Waals surface area contributed by atoms with Gasteiger partial charge >= 0.3 is 0 Å². The van der Waals surface area contributed by atoms with E-state index in [1.54, 1.807) is 7.11 Å². The third kappa shape index (κ3) is 3.11. The first-order chi connectivity index (χ1) is 10.2. The van der Waals surface area contributed by atoms with Crippen molar-refractivity contribution in [1.29, 1.82) is 0 Å². The predicted molar refractivity (Wildman–Crippen MR) is 88.3 cm³/mol. The van der Waals surface area contributed by atoms with E-state index in [4.69, 9.17) is 14.2 Å². The van der Waals surface area contributed by atoms with E-state index in [0.29, 0.717) is 6.54 Å². The average molecular weight is 415 g/mol. The third-order valence-electron chi connectivity index (χ3n) is 3.17. The molecule has 1 heterocycles. The lowest BCUT2D eigenvalue weighted by atomic mass is 10.2. The van der Waals surface area contributed by atoms with E-state index < -0.39 is 0 Å². The Kier molecular flexibility index (Phi) is 4.26. The fourth-order valence-electron chi connectivity index (χ4n) is 2.10. The smallest absolute Gasteiger partial charge is 0.231 e. The molecule has 4 nitrogen and oxygen atoms in total. The molecule has 0 spiro atoms. The molecule has 3 rings (SSSR count). The number of nitrogens with one attached hydrogen (secondary N) is 1. The molecule has 0 atom stereocenters. The summed E-state index contributed by atoms with van der Waals surface area (Å²) in [6.07, 6.45) is 0. The molecule has 0 fully saturated rings. The number of halogens is 2. The number of benzene rings is 2. The van der Waals surface area contributed by atoms with E-state index in [1.807, 2.05) is 30.3 Å². The maximum absolute atomic E-state index is 5.41. The first-order valence-corrected chi connectivity index (χ1v) is 7.91. The maximum Gasteiger partial charge on any atom is 0.231 e. The van der Waals surface area contributed by atoms with Crippen molar-refractivity contribution in [2.45, 2.75) is 6.54 Å². The highest BCUT2D eigenvalue weighted by Gasteiger charge is 2.16. The number of fused-ring (bicyclic) bond motifs is 1. The molecule has 6 heteroatoms. The van der Waals surface area contributed by atoms with Crippen LogP contribution in [0.15, 0.2) is 39.3 Å². The zero-order chi connectivity index (χ0) is 14.8. The van der Waals surface area contributed by atoms with Gasteiger partial charge < -0.3 is 19.5 Å². The standard InChI is InChI=1S/C15H13Br2NO3/c1-19-13-3-2-10(16)5-12(13)18-7-9-4-14-15(6-11(9)17)21-8-20-14/h2-6,18H,7-8H2,1H3. The highest BCUT2D eigenvalue weighted by atomic mass is 79.9. The third-order valence-corrected chi connectivity index (χ3v) is 4.40. The fourth-order valence-corrected chi connectivity index (χ4v) is 2.93. The number of hydrogen-bond donors (Lipinski definition) is 1. The zero-order valence-electron chi connectivity index (χ0n) is 11.3. The molecule has 2 aromatic rings. The molecule has 0 bridgehead atoms. The van der Waals surface area contributed by atoms with Crippen molar-refractivity contribution in [2.24, 2.45) is 0 Å². The lowest BCUT2D eigenvalue weighted by Gasteiger charge is -2.13. The molecule has 110 valence electrons. The van der Waals surface area contributed by atoms with Crippen LogP contribution in [0.3, 0.4) is 0 Å². The molecule has 2 aromatic carbocycles. The second-order valence-corrected chi connectivity index (χ2v) is 6.27. The molecule has 0 unspecified atom stereocenters. The molecule has 1 N–H and O–H groups in total. The van der Waals surface area contributed by atoms with Crippen LogP contribution in [0, 0.1) is 0 Å². The quantitative estimate of drug-likeness (QED) is 0.795. The topological polar surface area (TPSA) is 39.7 Å². The second-order valence-electron chi connectivity index (χ2n) is 4.50. The van der Waals surface area contributed by atoms with Gasteiger partial charge in [-0.25, -0.2) is 0 Å². The van der Waals surface area contributed by atoms with Crippen molar-refractivity contribution >= 4 is 37.5 Å². The van der Waals surface area contributed by atoms with E-state index in [-0.39, 0.29) is 6.79 Å². The van der Waals surface area contributed by atoms with Gasteiger partial charge in [-0.3, -0.25) is 0 Å². The van der Waals surface area contributed by atoms with Crippen LogP contribution in [0.2, 0.25) is 0 Å². The summed E-state index contributed by atoms with van der Waals surface area (Å²) in [5.41, 5.74) is 2.01. The van der Waals surface area contributed by atoms with Crippen molar-refractivity contribution in [2.75, 3.05) is 19.2 Å². The Labute approximate surface area is 139 Å². The SMILES string of the molecule is COc1ccc(Br)cc1NCc1cc2c(cc1Br)OCO2. The van der Waals surface area contributed by atoms with Gasteiger partial charge in [-0.05, 0) is 35.9 Å². The van der Waals surface area contributed by atoms with Gasteiger partial charge in [0.25, 0.3) is 0 Å². The molecule has 0 aromatic heterocycles. The molecular formula is C15H13Br2NO3. The summed E-state index contributed by atoms with van der Waals surface area (Å²) in [6, 6.07) is 9.75. The van der Waals surface area contributed by atoms with Crippen LogP contribution in [-0.2, 0) is 6.54 Å². The minimum atomic E-state index is 0.276. The number of methoxy groups -OCH3 is 1. The largest absolute Gasteiger partial charge is 0.495 e. The van der Waals surface area contributed by atoms with Gasteiger partial charge in [0.1, 0.15) is 5.75 Å². The van der Waals surface area contributed by atoms with Crippen molar-refractivity contribution < 1.29 is 14.2 Å². The van der Waals surface area contributed by atoms with Gasteiger partial charge in [-0.2, -0.15) is 0 Å². The first-order valence-electron chi connectivity index (χ1n) is 6.33. The molecule has 21 heavy (non-hydrogen) atoms. The number of hydrogen-bond acceptors (Lipinski definition) is 4. The van der Waals surface area contributed by atoms with E-state index in [0.717, 1.165) is 37.4 Å². The van der Waals surface area contributed by atoms with Crippen molar-refractivity contribution in [3.05, 3.63) is 44.8 Å². The Bertz CT molecular complexity index is 676. The molecule has 1 aliphatic heterocycles. The molecule has 0 radical (unpaired) electrons.